The summed E-state index contributed by atoms with van der Waals surface area (Å²) in [5.74, 6) is -0.358. The van der Waals surface area contributed by atoms with Crippen LogP contribution in [0.3, 0.4) is 0 Å². The first-order chi connectivity index (χ1) is 7.45. The molecule has 0 aliphatic heterocycles. The van der Waals surface area contributed by atoms with Gasteiger partial charge in [-0.3, -0.25) is 4.99 Å². The maximum atomic E-state index is 10.2. The lowest BCUT2D eigenvalue weighted by Gasteiger charge is -2.03. The van der Waals surface area contributed by atoms with Gasteiger partial charge in [0.05, 0.1) is 10.1 Å². The summed E-state index contributed by atoms with van der Waals surface area (Å²) in [5.41, 5.74) is 1.04. The molecule has 0 aromatic rings. The van der Waals surface area contributed by atoms with Gasteiger partial charge in [-0.05, 0) is 19.4 Å². The molecule has 0 atom stereocenters. The van der Waals surface area contributed by atoms with Crippen molar-refractivity contribution in [3.05, 3.63) is 36.5 Å². The number of rotatable bonds is 7. The molecule has 0 spiro atoms. The van der Waals surface area contributed by atoms with Gasteiger partial charge >= 0.3 is 0 Å². The zero-order chi connectivity index (χ0) is 12.4. The number of aliphatic imine (C=N–C) groups is 1. The summed E-state index contributed by atoms with van der Waals surface area (Å²) in [6.07, 6.45) is 8.99. The molecule has 0 N–H and O–H groups in total. The van der Waals surface area contributed by atoms with Crippen molar-refractivity contribution in [2.45, 2.75) is 13.3 Å². The lowest BCUT2D eigenvalue weighted by Crippen LogP contribution is -2.05. The largest absolute Gasteiger partial charge is 0.748 e. The van der Waals surface area contributed by atoms with E-state index < -0.39 is 10.1 Å². The molecule has 0 fully saturated rings. The van der Waals surface area contributed by atoms with Crippen molar-refractivity contribution in [1.29, 1.82) is 0 Å². The smallest absolute Gasteiger partial charge is 0.0946 e. The molecule has 0 unspecified atom stereocenters. The second kappa shape index (κ2) is 8.01. The molecule has 0 saturated heterocycles. The molecule has 16 heavy (non-hydrogen) atoms. The average molecular weight is 242 g/mol. The van der Waals surface area contributed by atoms with Gasteiger partial charge in [0.2, 0.25) is 0 Å². The highest BCUT2D eigenvalue weighted by Crippen LogP contribution is 1.92. The third-order valence-electron chi connectivity index (χ3n) is 1.67. The van der Waals surface area contributed by atoms with Crippen LogP contribution >= 0.6 is 0 Å². The quantitative estimate of drug-likeness (QED) is 0.295. The minimum atomic E-state index is -4.10. The summed E-state index contributed by atoms with van der Waals surface area (Å²) in [6.45, 7) is 5.87. The zero-order valence-electron chi connectivity index (χ0n) is 9.30. The van der Waals surface area contributed by atoms with E-state index in [4.69, 9.17) is 0 Å². The first-order valence-electron chi connectivity index (χ1n) is 4.85. The average Bonchev–Trinajstić information content (AvgIpc) is 2.20. The topological polar surface area (TPSA) is 69.6 Å². The second-order valence-electron chi connectivity index (χ2n) is 3.17. The molecule has 0 saturated carbocycles. The van der Waals surface area contributed by atoms with E-state index in [0.29, 0.717) is 6.54 Å². The molecule has 4 nitrogen and oxygen atoms in total. The lowest BCUT2D eigenvalue weighted by molar-refractivity contribution is 0.461. The van der Waals surface area contributed by atoms with Crippen LogP contribution in [0.15, 0.2) is 41.4 Å². The van der Waals surface area contributed by atoms with Crippen molar-refractivity contribution in [2.24, 2.45) is 4.99 Å². The predicted molar refractivity (Wildman–Crippen MR) is 65.6 cm³/mol. The number of nitrogens with zero attached hydrogens (tertiary/aromatic N) is 1. The van der Waals surface area contributed by atoms with Crippen LogP contribution in [-0.2, 0) is 10.1 Å². The van der Waals surface area contributed by atoms with Crippen LogP contribution in [0.2, 0.25) is 0 Å². The van der Waals surface area contributed by atoms with Gasteiger partial charge in [-0.25, -0.2) is 8.42 Å². The van der Waals surface area contributed by atoms with Crippen LogP contribution in [-0.4, -0.2) is 31.5 Å². The molecule has 0 heterocycles. The number of hydrogen-bond donors (Lipinski definition) is 0. The van der Waals surface area contributed by atoms with Gasteiger partial charge in [-0.2, -0.15) is 0 Å². The van der Waals surface area contributed by atoms with Gasteiger partial charge in [0, 0.05) is 18.5 Å². The summed E-state index contributed by atoms with van der Waals surface area (Å²) < 4.78 is 30.7. The van der Waals surface area contributed by atoms with E-state index in [1.54, 1.807) is 18.4 Å². The van der Waals surface area contributed by atoms with Crippen molar-refractivity contribution < 1.29 is 13.0 Å². The summed E-state index contributed by atoms with van der Waals surface area (Å²) in [5, 5.41) is 0. The molecular formula is C11H16NO3S-. The van der Waals surface area contributed by atoms with E-state index in [0.717, 1.165) is 5.57 Å². The van der Waals surface area contributed by atoms with Crippen LogP contribution in [0.25, 0.3) is 0 Å². The fourth-order valence-corrected chi connectivity index (χ4v) is 1.28. The first-order valence-corrected chi connectivity index (χ1v) is 6.43. The van der Waals surface area contributed by atoms with Crippen LogP contribution < -0.4 is 0 Å². The zero-order valence-corrected chi connectivity index (χ0v) is 10.1. The van der Waals surface area contributed by atoms with Crippen LogP contribution in [0.5, 0.6) is 0 Å². The van der Waals surface area contributed by atoms with E-state index in [-0.39, 0.29) is 12.2 Å². The van der Waals surface area contributed by atoms with Crippen molar-refractivity contribution in [2.75, 3.05) is 12.3 Å². The van der Waals surface area contributed by atoms with Gasteiger partial charge in [0.25, 0.3) is 0 Å². The maximum absolute atomic E-state index is 10.2. The Kier molecular flexibility index (Phi) is 7.41. The standard InChI is InChI=1S/C11H17NO3S/c1-3-11(2)7-4-5-8-12-9-6-10-16(13,14)15/h3-5,7-8H,1,6,9-10H2,2H3,(H,13,14,15)/p-1/b5-4-,11-7+,12-8?. The highest BCUT2D eigenvalue weighted by atomic mass is 32.2. The Hall–Kier alpha value is -1.20. The van der Waals surface area contributed by atoms with Crippen molar-refractivity contribution in [1.82, 2.24) is 0 Å². The van der Waals surface area contributed by atoms with E-state index in [9.17, 15) is 13.0 Å². The van der Waals surface area contributed by atoms with Crippen molar-refractivity contribution in [3.63, 3.8) is 0 Å². The normalized spacial score (nSPS) is 13.8. The molecule has 0 aliphatic carbocycles. The van der Waals surface area contributed by atoms with E-state index in [2.05, 4.69) is 11.6 Å². The minimum absolute atomic E-state index is 0.262. The van der Waals surface area contributed by atoms with Crippen molar-refractivity contribution in [3.8, 4) is 0 Å². The van der Waals surface area contributed by atoms with Gasteiger partial charge in [-0.1, -0.05) is 30.4 Å². The van der Waals surface area contributed by atoms with E-state index in [1.807, 2.05) is 19.1 Å². The molecule has 90 valence electrons. The molecular weight excluding hydrogens is 226 g/mol. The summed E-state index contributed by atoms with van der Waals surface area (Å²) in [6, 6.07) is 0. The Morgan fingerprint density at radius 3 is 2.69 bits per heavy atom. The van der Waals surface area contributed by atoms with Crippen molar-refractivity contribution >= 4 is 16.3 Å². The van der Waals surface area contributed by atoms with Crippen LogP contribution in [0.1, 0.15) is 13.3 Å². The monoisotopic (exact) mass is 242 g/mol. The molecule has 0 aromatic carbocycles. The second-order valence-corrected chi connectivity index (χ2v) is 4.69. The Labute approximate surface area is 96.8 Å². The molecule has 0 radical (unpaired) electrons. The fraction of sp³-hybridized carbons (Fsp3) is 0.364. The summed E-state index contributed by atoms with van der Waals surface area (Å²) >= 11 is 0. The molecule has 0 aliphatic rings. The summed E-state index contributed by atoms with van der Waals surface area (Å²) in [7, 11) is -4.10. The Morgan fingerprint density at radius 1 is 1.44 bits per heavy atom. The SMILES string of the molecule is C=C/C(C)=C/C=C\C=NCCCS(=O)(=O)[O-]. The molecule has 0 aromatic heterocycles. The molecule has 0 bridgehead atoms. The Balaban J connectivity index is 3.75. The molecule has 0 rings (SSSR count). The van der Waals surface area contributed by atoms with Gasteiger partial charge < -0.3 is 4.55 Å². The molecule has 0 amide bonds. The Morgan fingerprint density at radius 2 is 2.12 bits per heavy atom. The van der Waals surface area contributed by atoms with Crippen LogP contribution in [0.4, 0.5) is 0 Å². The number of allylic oxidation sites excluding steroid dienone is 5. The Bertz CT molecular complexity index is 391. The molecule has 5 heteroatoms. The lowest BCUT2D eigenvalue weighted by atomic mass is 10.3. The van der Waals surface area contributed by atoms with Gasteiger partial charge in [-0.15, -0.1) is 0 Å². The fourth-order valence-electron chi connectivity index (χ4n) is 0.793. The first kappa shape index (κ1) is 14.8. The third-order valence-corrected chi connectivity index (χ3v) is 2.45. The number of hydrogen-bond acceptors (Lipinski definition) is 4. The minimum Gasteiger partial charge on any atom is -0.748 e. The van der Waals surface area contributed by atoms with Crippen LogP contribution in [0, 0.1) is 0 Å². The maximum Gasteiger partial charge on any atom is 0.0946 e. The summed E-state index contributed by atoms with van der Waals surface area (Å²) in [4.78, 5) is 3.93. The van der Waals surface area contributed by atoms with E-state index in [1.165, 1.54) is 0 Å². The van der Waals surface area contributed by atoms with Gasteiger partial charge in [0.15, 0.2) is 0 Å². The predicted octanol–water partition coefficient (Wildman–Crippen LogP) is 1.68. The highest BCUT2D eigenvalue weighted by molar-refractivity contribution is 7.85. The third kappa shape index (κ3) is 10.9. The van der Waals surface area contributed by atoms with Gasteiger partial charge in [0.1, 0.15) is 0 Å². The highest BCUT2D eigenvalue weighted by Gasteiger charge is 1.92. The van der Waals surface area contributed by atoms with E-state index >= 15 is 0 Å².